The van der Waals surface area contributed by atoms with Gasteiger partial charge in [-0.2, -0.15) is 4.31 Å². The Morgan fingerprint density at radius 2 is 2.00 bits per heavy atom. The van der Waals surface area contributed by atoms with Gasteiger partial charge in [0.05, 0.1) is 18.1 Å². The number of piperidine rings is 1. The van der Waals surface area contributed by atoms with Crippen LogP contribution in [0.3, 0.4) is 0 Å². The second kappa shape index (κ2) is 7.30. The first kappa shape index (κ1) is 16.9. The van der Waals surface area contributed by atoms with Gasteiger partial charge in [-0.3, -0.25) is 4.90 Å². The van der Waals surface area contributed by atoms with Crippen LogP contribution < -0.4 is 0 Å². The van der Waals surface area contributed by atoms with Crippen LogP contribution in [0, 0.1) is 5.92 Å². The molecule has 1 unspecified atom stereocenters. The molecule has 0 aromatic heterocycles. The fraction of sp³-hybridized carbons (Fsp3) is 0.647. The van der Waals surface area contributed by atoms with Crippen LogP contribution in [-0.4, -0.2) is 57.0 Å². The van der Waals surface area contributed by atoms with Crippen LogP contribution in [0.4, 0.5) is 0 Å². The van der Waals surface area contributed by atoms with E-state index < -0.39 is 10.0 Å². The topological polar surface area (TPSA) is 49.9 Å². The zero-order chi connectivity index (χ0) is 16.3. The Hall–Kier alpha value is -0.950. The summed E-state index contributed by atoms with van der Waals surface area (Å²) in [6.45, 7) is 7.15. The van der Waals surface area contributed by atoms with Crippen LogP contribution in [-0.2, 0) is 21.3 Å². The highest BCUT2D eigenvalue weighted by atomic mass is 32.2. The van der Waals surface area contributed by atoms with E-state index in [2.05, 4.69) is 11.8 Å². The lowest BCUT2D eigenvalue weighted by atomic mass is 10.00. The molecule has 1 aromatic carbocycles. The molecule has 5 nitrogen and oxygen atoms in total. The number of nitrogens with zero attached hydrogens (tertiary/aromatic N) is 2. The van der Waals surface area contributed by atoms with Crippen molar-refractivity contribution in [1.82, 2.24) is 9.21 Å². The van der Waals surface area contributed by atoms with Gasteiger partial charge in [-0.1, -0.05) is 19.1 Å². The second-order valence-electron chi connectivity index (χ2n) is 6.65. The van der Waals surface area contributed by atoms with E-state index in [0.717, 1.165) is 31.1 Å². The highest BCUT2D eigenvalue weighted by molar-refractivity contribution is 7.89. The van der Waals surface area contributed by atoms with Crippen molar-refractivity contribution in [2.24, 2.45) is 5.92 Å². The van der Waals surface area contributed by atoms with Gasteiger partial charge in [-0.25, -0.2) is 8.42 Å². The zero-order valence-electron chi connectivity index (χ0n) is 13.8. The smallest absolute Gasteiger partial charge is 0.243 e. The van der Waals surface area contributed by atoms with Crippen molar-refractivity contribution in [2.75, 3.05) is 39.4 Å². The normalized spacial score (nSPS) is 24.7. The lowest BCUT2D eigenvalue weighted by molar-refractivity contribution is 0.0730. The van der Waals surface area contributed by atoms with Crippen molar-refractivity contribution < 1.29 is 13.2 Å². The van der Waals surface area contributed by atoms with E-state index in [-0.39, 0.29) is 0 Å². The first-order valence-electron chi connectivity index (χ1n) is 8.45. The summed E-state index contributed by atoms with van der Waals surface area (Å²) in [5.41, 5.74) is 1.08. The van der Waals surface area contributed by atoms with Gasteiger partial charge in [0.25, 0.3) is 0 Å². The second-order valence-corrected chi connectivity index (χ2v) is 8.58. The van der Waals surface area contributed by atoms with Gasteiger partial charge in [-0.15, -0.1) is 0 Å². The molecule has 2 fully saturated rings. The van der Waals surface area contributed by atoms with Gasteiger partial charge in [0.1, 0.15) is 0 Å². The largest absolute Gasteiger partial charge is 0.379 e. The van der Waals surface area contributed by atoms with E-state index in [9.17, 15) is 8.42 Å². The third-order valence-electron chi connectivity index (χ3n) is 4.65. The maximum atomic E-state index is 12.7. The third-order valence-corrected chi connectivity index (χ3v) is 6.55. The summed E-state index contributed by atoms with van der Waals surface area (Å²) >= 11 is 0. The Labute approximate surface area is 139 Å². The van der Waals surface area contributed by atoms with E-state index in [1.165, 1.54) is 17.1 Å². The quantitative estimate of drug-likeness (QED) is 0.842. The van der Waals surface area contributed by atoms with Crippen molar-refractivity contribution in [3.05, 3.63) is 29.8 Å². The summed E-state index contributed by atoms with van der Waals surface area (Å²) < 4.78 is 32.3. The van der Waals surface area contributed by atoms with Gasteiger partial charge in [0.15, 0.2) is 0 Å². The molecule has 1 atom stereocenters. The van der Waals surface area contributed by atoms with Crippen molar-refractivity contribution in [3.8, 4) is 0 Å². The Morgan fingerprint density at radius 3 is 2.74 bits per heavy atom. The number of benzene rings is 1. The minimum atomic E-state index is -3.40. The average molecular weight is 338 g/mol. The van der Waals surface area contributed by atoms with Crippen LogP contribution in [0.5, 0.6) is 0 Å². The maximum absolute atomic E-state index is 12.7. The molecule has 2 heterocycles. The van der Waals surface area contributed by atoms with Crippen molar-refractivity contribution >= 4 is 10.0 Å². The van der Waals surface area contributed by atoms with E-state index in [1.54, 1.807) is 6.07 Å². The summed E-state index contributed by atoms with van der Waals surface area (Å²) in [5, 5.41) is 0. The number of hydrogen-bond acceptors (Lipinski definition) is 4. The molecule has 3 rings (SSSR count). The van der Waals surface area contributed by atoms with E-state index in [0.29, 0.717) is 31.2 Å². The van der Waals surface area contributed by atoms with Crippen LogP contribution in [0.1, 0.15) is 25.3 Å². The first-order chi connectivity index (χ1) is 11.1. The molecule has 6 heteroatoms. The number of rotatable bonds is 4. The molecule has 23 heavy (non-hydrogen) atoms. The number of ether oxygens (including phenoxy) is 1. The van der Waals surface area contributed by atoms with Gasteiger partial charge in [0, 0.05) is 26.2 Å². The van der Waals surface area contributed by atoms with Crippen molar-refractivity contribution in [1.29, 1.82) is 0 Å². The SMILES string of the molecule is CC1CCCN(Cc2cccc(S(=O)(=O)N3CCOCC3)c2)C1. The zero-order valence-corrected chi connectivity index (χ0v) is 14.6. The Kier molecular flexibility index (Phi) is 5.36. The van der Waals surface area contributed by atoms with Crippen LogP contribution >= 0.6 is 0 Å². The highest BCUT2D eigenvalue weighted by Crippen LogP contribution is 2.21. The minimum Gasteiger partial charge on any atom is -0.379 e. The lowest BCUT2D eigenvalue weighted by Crippen LogP contribution is -2.40. The highest BCUT2D eigenvalue weighted by Gasteiger charge is 2.26. The number of likely N-dealkylation sites (tertiary alicyclic amines) is 1. The molecule has 0 N–H and O–H groups in total. The molecule has 2 saturated heterocycles. The summed E-state index contributed by atoms with van der Waals surface area (Å²) in [6.07, 6.45) is 2.52. The molecule has 0 saturated carbocycles. The molecular weight excluding hydrogens is 312 g/mol. The summed E-state index contributed by atoms with van der Waals surface area (Å²) in [6, 6.07) is 7.42. The summed E-state index contributed by atoms with van der Waals surface area (Å²) in [4.78, 5) is 2.83. The molecule has 0 amide bonds. The fourth-order valence-electron chi connectivity index (χ4n) is 3.43. The Bertz CT molecular complexity index is 626. The predicted octanol–water partition coefficient (Wildman–Crippen LogP) is 1.94. The third kappa shape index (κ3) is 4.12. The fourth-order valence-corrected chi connectivity index (χ4v) is 4.91. The van der Waals surface area contributed by atoms with E-state index in [4.69, 9.17) is 4.74 Å². The van der Waals surface area contributed by atoms with Crippen LogP contribution in [0.25, 0.3) is 0 Å². The summed E-state index contributed by atoms with van der Waals surface area (Å²) in [5.74, 6) is 0.726. The maximum Gasteiger partial charge on any atom is 0.243 e. The molecule has 0 aliphatic carbocycles. The molecule has 2 aliphatic rings. The van der Waals surface area contributed by atoms with Gasteiger partial charge in [0.2, 0.25) is 10.0 Å². The molecule has 1 aromatic rings. The predicted molar refractivity (Wildman–Crippen MR) is 89.7 cm³/mol. The molecule has 0 spiro atoms. The van der Waals surface area contributed by atoms with Crippen molar-refractivity contribution in [3.63, 3.8) is 0 Å². The van der Waals surface area contributed by atoms with Crippen LogP contribution in [0.15, 0.2) is 29.2 Å². The van der Waals surface area contributed by atoms with Crippen molar-refractivity contribution in [2.45, 2.75) is 31.2 Å². The number of morpholine rings is 1. The van der Waals surface area contributed by atoms with Gasteiger partial charge in [-0.05, 0) is 43.0 Å². The molecule has 128 valence electrons. The standard InChI is InChI=1S/C17H26N2O3S/c1-15-4-3-7-18(13-15)14-16-5-2-6-17(12-16)23(20,21)19-8-10-22-11-9-19/h2,5-6,12,15H,3-4,7-11,13-14H2,1H3. The Balaban J connectivity index is 1.73. The first-order valence-corrected chi connectivity index (χ1v) is 9.89. The summed E-state index contributed by atoms with van der Waals surface area (Å²) in [7, 11) is -3.40. The van der Waals surface area contributed by atoms with Gasteiger partial charge >= 0.3 is 0 Å². The monoisotopic (exact) mass is 338 g/mol. The molecule has 2 aliphatic heterocycles. The lowest BCUT2D eigenvalue weighted by Gasteiger charge is -2.31. The van der Waals surface area contributed by atoms with Crippen LogP contribution in [0.2, 0.25) is 0 Å². The molecular formula is C17H26N2O3S. The van der Waals surface area contributed by atoms with E-state index in [1.807, 2.05) is 18.2 Å². The number of sulfonamides is 1. The Morgan fingerprint density at radius 1 is 1.22 bits per heavy atom. The average Bonchev–Trinajstić information content (AvgIpc) is 2.56. The molecule has 0 bridgehead atoms. The number of hydrogen-bond donors (Lipinski definition) is 0. The van der Waals surface area contributed by atoms with E-state index >= 15 is 0 Å². The molecule has 0 radical (unpaired) electrons. The minimum absolute atomic E-state index is 0.405. The van der Waals surface area contributed by atoms with Gasteiger partial charge < -0.3 is 4.74 Å².